The van der Waals surface area contributed by atoms with Crippen LogP contribution in [0.15, 0.2) is 24.7 Å². The fraction of sp³-hybridized carbons (Fsp3) is 0.594. The fourth-order valence-electron chi connectivity index (χ4n) is 5.09. The summed E-state index contributed by atoms with van der Waals surface area (Å²) in [6, 6.07) is 0.687. The van der Waals surface area contributed by atoms with Gasteiger partial charge in [0.15, 0.2) is 11.5 Å². The molecule has 3 amide bonds. The van der Waals surface area contributed by atoms with Crippen LogP contribution in [0.5, 0.6) is 0 Å². The Labute approximate surface area is 274 Å². The Morgan fingerprint density at radius 3 is 1.96 bits per heavy atom. The van der Waals surface area contributed by atoms with Crippen LogP contribution in [0.1, 0.15) is 86.8 Å². The van der Waals surface area contributed by atoms with Crippen molar-refractivity contribution in [2.24, 2.45) is 7.05 Å². The molecule has 0 aromatic carbocycles. The molecule has 2 atom stereocenters. The number of imide groups is 1. The molecule has 0 aliphatic carbocycles. The first-order valence-electron chi connectivity index (χ1n) is 15.4. The van der Waals surface area contributed by atoms with Gasteiger partial charge >= 0.3 is 24.2 Å². The van der Waals surface area contributed by atoms with E-state index in [1.807, 2.05) is 0 Å². The third-order valence-corrected chi connectivity index (χ3v) is 6.97. The van der Waals surface area contributed by atoms with Gasteiger partial charge in [-0.05, 0) is 75.2 Å². The molecule has 4 heterocycles. The highest BCUT2D eigenvalue weighted by Crippen LogP contribution is 2.35. The number of nitrogens with zero attached hydrogens (tertiary/aromatic N) is 7. The Balaban J connectivity index is 1.91. The first-order chi connectivity index (χ1) is 21.7. The maximum Gasteiger partial charge on any atom is 0.425 e. The Morgan fingerprint density at radius 2 is 1.45 bits per heavy atom. The quantitative estimate of drug-likeness (QED) is 0.259. The summed E-state index contributed by atoms with van der Waals surface area (Å²) in [5.74, 6) is -0.986. The number of methoxy groups -OCH3 is 1. The highest BCUT2D eigenvalue weighted by Gasteiger charge is 2.41. The molecule has 47 heavy (non-hydrogen) atoms. The monoisotopic (exact) mass is 655 g/mol. The lowest BCUT2D eigenvalue weighted by Gasteiger charge is -2.38. The molecule has 0 radical (unpaired) electrons. The van der Waals surface area contributed by atoms with Crippen molar-refractivity contribution in [3.8, 4) is 11.1 Å². The van der Waals surface area contributed by atoms with E-state index in [1.165, 1.54) is 16.5 Å². The second kappa shape index (κ2) is 12.8. The SMILES string of the molecule is COC(=O)[C@@H]1CC[C@H](c2cc(N(C(=O)OC(C)(C)C)C(=O)OC(C)(C)C)n3ncc(-c4cnn(C)c4)c3n2)CN1C(=O)OC(C)(C)C. The van der Waals surface area contributed by atoms with Crippen LogP contribution in [0, 0.1) is 0 Å². The highest BCUT2D eigenvalue weighted by atomic mass is 16.6. The minimum Gasteiger partial charge on any atom is -0.467 e. The van der Waals surface area contributed by atoms with Gasteiger partial charge < -0.3 is 18.9 Å². The van der Waals surface area contributed by atoms with Gasteiger partial charge in [-0.15, -0.1) is 0 Å². The first kappa shape index (κ1) is 35.2. The maximum absolute atomic E-state index is 13.7. The topological polar surface area (TPSA) is 160 Å². The van der Waals surface area contributed by atoms with Crippen molar-refractivity contribution >= 4 is 35.7 Å². The lowest BCUT2D eigenvalue weighted by molar-refractivity contribution is -0.148. The van der Waals surface area contributed by atoms with E-state index < -0.39 is 53.0 Å². The molecule has 0 spiro atoms. The van der Waals surface area contributed by atoms with Crippen LogP contribution in [-0.4, -0.2) is 90.0 Å². The predicted octanol–water partition coefficient (Wildman–Crippen LogP) is 5.46. The number of hydrogen-bond donors (Lipinski definition) is 0. The number of carbonyl (C=O) groups is 4. The standard InChI is InChI=1S/C32H45N7O8/c1-30(2,3)45-27(41)37-18-19(12-13-23(37)26(40)44-11)22-14-24(38(28(42)46-31(4,5)6)29(43)47-32(7,8)9)39-25(35-22)21(16-34-39)20-15-33-36(10)17-20/h14-17,19,23H,12-13,18H2,1-11H3/t19-,23-/m0/s1. The Hall–Kier alpha value is -4.69. The van der Waals surface area contributed by atoms with Crippen molar-refractivity contribution in [1.29, 1.82) is 0 Å². The van der Waals surface area contributed by atoms with Gasteiger partial charge in [0.25, 0.3) is 0 Å². The zero-order valence-corrected chi connectivity index (χ0v) is 29.0. The van der Waals surface area contributed by atoms with Gasteiger partial charge in [-0.2, -0.15) is 19.6 Å². The lowest BCUT2D eigenvalue weighted by Crippen LogP contribution is -2.52. The van der Waals surface area contributed by atoms with Crippen molar-refractivity contribution < 1.29 is 38.1 Å². The number of likely N-dealkylation sites (tertiary alicyclic amines) is 1. The Morgan fingerprint density at radius 1 is 0.851 bits per heavy atom. The summed E-state index contributed by atoms with van der Waals surface area (Å²) in [5.41, 5.74) is -0.666. The molecule has 3 aromatic heterocycles. The summed E-state index contributed by atoms with van der Waals surface area (Å²) < 4.78 is 25.0. The molecule has 0 saturated carbocycles. The van der Waals surface area contributed by atoms with E-state index in [9.17, 15) is 19.2 Å². The van der Waals surface area contributed by atoms with Crippen molar-refractivity contribution in [3.05, 3.63) is 30.4 Å². The van der Waals surface area contributed by atoms with E-state index in [4.69, 9.17) is 23.9 Å². The summed E-state index contributed by atoms with van der Waals surface area (Å²) in [7, 11) is 3.04. The lowest BCUT2D eigenvalue weighted by atomic mass is 9.90. The van der Waals surface area contributed by atoms with Gasteiger partial charge in [-0.1, -0.05) is 0 Å². The third-order valence-electron chi connectivity index (χ3n) is 6.97. The van der Waals surface area contributed by atoms with Crippen LogP contribution < -0.4 is 4.90 Å². The van der Waals surface area contributed by atoms with Gasteiger partial charge in [0.05, 0.1) is 25.2 Å². The Kier molecular flexibility index (Phi) is 9.61. The van der Waals surface area contributed by atoms with E-state index in [2.05, 4.69) is 10.2 Å². The molecule has 1 aliphatic heterocycles. The first-order valence-corrected chi connectivity index (χ1v) is 15.4. The fourth-order valence-corrected chi connectivity index (χ4v) is 5.09. The average molecular weight is 656 g/mol. The molecule has 4 rings (SSSR count). The summed E-state index contributed by atoms with van der Waals surface area (Å²) in [6.45, 7) is 15.4. The summed E-state index contributed by atoms with van der Waals surface area (Å²) in [4.78, 5) is 60.7. The van der Waals surface area contributed by atoms with Crippen molar-refractivity contribution in [3.63, 3.8) is 0 Å². The van der Waals surface area contributed by atoms with Gasteiger partial charge in [0.1, 0.15) is 22.8 Å². The minimum absolute atomic E-state index is 0.0162. The number of aromatic nitrogens is 5. The molecule has 3 aromatic rings. The molecule has 1 fully saturated rings. The minimum atomic E-state index is -0.978. The molecule has 15 nitrogen and oxygen atoms in total. The van der Waals surface area contributed by atoms with Crippen molar-refractivity contribution in [1.82, 2.24) is 29.3 Å². The zero-order valence-electron chi connectivity index (χ0n) is 29.0. The smallest absolute Gasteiger partial charge is 0.425 e. The average Bonchev–Trinajstić information content (AvgIpc) is 3.55. The Bertz CT molecular complexity index is 1630. The van der Waals surface area contributed by atoms with E-state index in [0.29, 0.717) is 28.9 Å². The van der Waals surface area contributed by atoms with Gasteiger partial charge in [0.2, 0.25) is 0 Å². The summed E-state index contributed by atoms with van der Waals surface area (Å²) in [6.07, 6.45) is 3.06. The molecule has 1 saturated heterocycles. The number of ether oxygens (including phenoxy) is 4. The normalized spacial score (nSPS) is 17.3. The number of carbonyl (C=O) groups excluding carboxylic acids is 4. The van der Waals surface area contributed by atoms with Crippen LogP contribution in [0.4, 0.5) is 20.2 Å². The van der Waals surface area contributed by atoms with Crippen molar-refractivity contribution in [2.45, 2.75) is 104 Å². The molecule has 1 aliphatic rings. The number of rotatable bonds is 4. The predicted molar refractivity (Wildman–Crippen MR) is 171 cm³/mol. The van der Waals surface area contributed by atoms with E-state index in [0.717, 1.165) is 4.90 Å². The van der Waals surface area contributed by atoms with Gasteiger partial charge in [0, 0.05) is 42.9 Å². The molecule has 0 unspecified atom stereocenters. The highest BCUT2D eigenvalue weighted by molar-refractivity contribution is 6.09. The zero-order chi connectivity index (χ0) is 35.1. The van der Waals surface area contributed by atoms with E-state index in [1.54, 1.807) is 98.7 Å². The van der Waals surface area contributed by atoms with Crippen LogP contribution in [0.2, 0.25) is 0 Å². The second-order valence-electron chi connectivity index (χ2n) is 14.5. The van der Waals surface area contributed by atoms with Crippen LogP contribution in [0.3, 0.4) is 0 Å². The molecule has 256 valence electrons. The third kappa shape index (κ3) is 8.37. The number of esters is 1. The number of aryl methyl sites for hydroxylation is 1. The van der Waals surface area contributed by atoms with Crippen LogP contribution >= 0.6 is 0 Å². The van der Waals surface area contributed by atoms with Crippen LogP contribution in [0.25, 0.3) is 16.8 Å². The maximum atomic E-state index is 13.7. The molecular weight excluding hydrogens is 610 g/mol. The van der Waals surface area contributed by atoms with Gasteiger partial charge in [-0.3, -0.25) is 9.58 Å². The molecule has 0 N–H and O–H groups in total. The number of piperidine rings is 1. The van der Waals surface area contributed by atoms with E-state index in [-0.39, 0.29) is 18.8 Å². The number of fused-ring (bicyclic) bond motifs is 1. The molecule has 15 heteroatoms. The van der Waals surface area contributed by atoms with Gasteiger partial charge in [-0.25, -0.2) is 24.2 Å². The summed E-state index contributed by atoms with van der Waals surface area (Å²) in [5, 5.41) is 8.78. The number of amides is 3. The summed E-state index contributed by atoms with van der Waals surface area (Å²) >= 11 is 0. The van der Waals surface area contributed by atoms with Crippen LogP contribution in [-0.2, 0) is 30.8 Å². The number of anilines is 1. The number of hydrogen-bond acceptors (Lipinski definition) is 11. The van der Waals surface area contributed by atoms with E-state index >= 15 is 0 Å². The second-order valence-corrected chi connectivity index (χ2v) is 14.5. The van der Waals surface area contributed by atoms with Crippen molar-refractivity contribution in [2.75, 3.05) is 18.6 Å². The molecule has 0 bridgehead atoms. The molecular formula is C32H45N7O8. The largest absolute Gasteiger partial charge is 0.467 e.